The number of hydrogen-bond donors (Lipinski definition) is 1. The minimum absolute atomic E-state index is 0. The fourth-order valence-electron chi connectivity index (χ4n) is 3.58. The van der Waals surface area contributed by atoms with Crippen LogP contribution in [0.1, 0.15) is 12.0 Å². The third-order valence-electron chi connectivity index (χ3n) is 5.14. The second kappa shape index (κ2) is 12.2. The van der Waals surface area contributed by atoms with E-state index in [1.165, 1.54) is 16.3 Å². The van der Waals surface area contributed by atoms with Gasteiger partial charge in [-0.2, -0.15) is 0 Å². The van der Waals surface area contributed by atoms with Gasteiger partial charge in [-0.1, -0.05) is 18.2 Å². The van der Waals surface area contributed by atoms with Crippen molar-refractivity contribution in [2.45, 2.75) is 13.0 Å². The van der Waals surface area contributed by atoms with Gasteiger partial charge in [-0.3, -0.25) is 4.99 Å². The molecule has 2 aromatic rings. The largest absolute Gasteiger partial charge is 0.497 e. The van der Waals surface area contributed by atoms with Gasteiger partial charge in [0.25, 0.3) is 0 Å². The summed E-state index contributed by atoms with van der Waals surface area (Å²) in [6.07, 6.45) is 1.13. The van der Waals surface area contributed by atoms with Crippen molar-refractivity contribution in [2.24, 2.45) is 10.9 Å². The Morgan fingerprint density at radius 3 is 2.69 bits per heavy atom. The van der Waals surface area contributed by atoms with Gasteiger partial charge in [0.05, 0.1) is 26.9 Å². The molecule has 1 unspecified atom stereocenters. The molecule has 2 aromatic carbocycles. The number of rotatable bonds is 8. The molecule has 0 spiro atoms. The zero-order chi connectivity index (χ0) is 19.8. The number of ether oxygens (including phenoxy) is 3. The molecule has 0 aliphatic carbocycles. The fourth-order valence-corrected chi connectivity index (χ4v) is 3.58. The van der Waals surface area contributed by atoms with Crippen molar-refractivity contribution in [3.05, 3.63) is 42.0 Å². The fraction of sp³-hybridized carbons (Fsp3) is 0.500. The highest BCUT2D eigenvalue weighted by Crippen LogP contribution is 2.22. The Bertz CT molecular complexity index is 800. The number of aliphatic imine (C=N–C) groups is 1. The average molecular weight is 513 g/mol. The van der Waals surface area contributed by atoms with Gasteiger partial charge in [0, 0.05) is 39.7 Å². The first-order valence-corrected chi connectivity index (χ1v) is 9.82. The van der Waals surface area contributed by atoms with Crippen LogP contribution in [0.25, 0.3) is 10.8 Å². The van der Waals surface area contributed by atoms with Gasteiger partial charge in [-0.15, -0.1) is 24.0 Å². The van der Waals surface area contributed by atoms with Crippen LogP contribution in [0.3, 0.4) is 0 Å². The van der Waals surface area contributed by atoms with Crippen LogP contribution in [-0.4, -0.2) is 65.0 Å². The topological polar surface area (TPSA) is 55.3 Å². The summed E-state index contributed by atoms with van der Waals surface area (Å²) in [4.78, 5) is 6.78. The molecule has 7 heteroatoms. The van der Waals surface area contributed by atoms with E-state index >= 15 is 0 Å². The Balaban J connectivity index is 0.00000300. The van der Waals surface area contributed by atoms with E-state index in [9.17, 15) is 0 Å². The first-order chi connectivity index (χ1) is 13.7. The highest BCUT2D eigenvalue weighted by Gasteiger charge is 2.24. The molecule has 3 rings (SSSR count). The molecule has 1 aliphatic rings. The number of halogens is 1. The van der Waals surface area contributed by atoms with Crippen molar-refractivity contribution < 1.29 is 14.2 Å². The van der Waals surface area contributed by atoms with Crippen molar-refractivity contribution in [2.75, 3.05) is 54.2 Å². The summed E-state index contributed by atoms with van der Waals surface area (Å²) in [5, 5.41) is 5.90. The molecule has 6 nitrogen and oxygen atoms in total. The highest BCUT2D eigenvalue weighted by atomic mass is 127. The first-order valence-electron chi connectivity index (χ1n) is 9.82. The molecule has 1 saturated heterocycles. The molecule has 1 aliphatic heterocycles. The standard InChI is InChI=1S/C22H31N3O3.HI/c1-23-22(25-9-8-18(15-25)16-28-11-10-26-2)24-14-17-4-5-20-13-21(27-3)7-6-19(20)12-17;/h4-7,12-13,18H,8-11,14-16H2,1-3H3,(H,23,24);1H. The van der Waals surface area contributed by atoms with Crippen LogP contribution in [0.4, 0.5) is 0 Å². The number of nitrogens with one attached hydrogen (secondary N) is 1. The zero-order valence-electron chi connectivity index (χ0n) is 17.5. The minimum Gasteiger partial charge on any atom is -0.497 e. The summed E-state index contributed by atoms with van der Waals surface area (Å²) >= 11 is 0. The molecular weight excluding hydrogens is 481 g/mol. The van der Waals surface area contributed by atoms with Gasteiger partial charge in [0.2, 0.25) is 0 Å². The van der Waals surface area contributed by atoms with Crippen molar-refractivity contribution in [3.63, 3.8) is 0 Å². The van der Waals surface area contributed by atoms with Crippen molar-refractivity contribution in [1.82, 2.24) is 10.2 Å². The van der Waals surface area contributed by atoms with Crippen LogP contribution in [0.5, 0.6) is 5.75 Å². The lowest BCUT2D eigenvalue weighted by Crippen LogP contribution is -2.39. The van der Waals surface area contributed by atoms with Crippen molar-refractivity contribution in [3.8, 4) is 5.75 Å². The number of likely N-dealkylation sites (tertiary alicyclic amines) is 1. The summed E-state index contributed by atoms with van der Waals surface area (Å²) in [6.45, 7) is 4.83. The normalized spacial score (nSPS) is 16.7. The van der Waals surface area contributed by atoms with Gasteiger partial charge in [-0.05, 0) is 41.0 Å². The lowest BCUT2D eigenvalue weighted by Gasteiger charge is -2.22. The Kier molecular flexibility index (Phi) is 9.96. The summed E-state index contributed by atoms with van der Waals surface area (Å²) in [5.74, 6) is 2.38. The number of fused-ring (bicyclic) bond motifs is 1. The van der Waals surface area contributed by atoms with Crippen molar-refractivity contribution in [1.29, 1.82) is 0 Å². The zero-order valence-corrected chi connectivity index (χ0v) is 19.8. The first kappa shape index (κ1) is 23.7. The maximum atomic E-state index is 5.69. The lowest BCUT2D eigenvalue weighted by molar-refractivity contribution is 0.0536. The summed E-state index contributed by atoms with van der Waals surface area (Å²) < 4.78 is 16.0. The third kappa shape index (κ3) is 6.72. The molecule has 1 fully saturated rings. The average Bonchev–Trinajstić information content (AvgIpc) is 3.20. The van der Waals surface area contributed by atoms with E-state index in [0.717, 1.165) is 44.4 Å². The molecule has 1 heterocycles. The monoisotopic (exact) mass is 513 g/mol. The molecule has 1 atom stereocenters. The second-order valence-electron chi connectivity index (χ2n) is 7.12. The van der Waals surface area contributed by atoms with E-state index in [1.807, 2.05) is 13.1 Å². The number of guanidine groups is 1. The predicted molar refractivity (Wildman–Crippen MR) is 128 cm³/mol. The van der Waals surface area contributed by atoms with Crippen LogP contribution in [-0.2, 0) is 16.0 Å². The quantitative estimate of drug-likeness (QED) is 0.254. The Labute approximate surface area is 190 Å². The van der Waals surface area contributed by atoms with E-state index < -0.39 is 0 Å². The predicted octanol–water partition coefficient (Wildman–Crippen LogP) is 3.53. The lowest BCUT2D eigenvalue weighted by atomic mass is 10.1. The minimum atomic E-state index is 0. The Morgan fingerprint density at radius 1 is 1.14 bits per heavy atom. The highest BCUT2D eigenvalue weighted by molar-refractivity contribution is 14.0. The van der Waals surface area contributed by atoms with E-state index in [2.05, 4.69) is 45.5 Å². The maximum Gasteiger partial charge on any atom is 0.193 e. The smallest absolute Gasteiger partial charge is 0.193 e. The summed E-state index contributed by atoms with van der Waals surface area (Å²) in [5.41, 5.74) is 1.23. The van der Waals surface area contributed by atoms with Crippen LogP contribution in [0.2, 0.25) is 0 Å². The molecule has 160 valence electrons. The SMILES string of the molecule is CN=C(NCc1ccc2cc(OC)ccc2c1)N1CCC(COCCOC)C1.I. The van der Waals surface area contributed by atoms with Crippen LogP contribution in [0, 0.1) is 5.92 Å². The number of nitrogens with zero attached hydrogens (tertiary/aromatic N) is 2. The van der Waals surface area contributed by atoms with Crippen LogP contribution < -0.4 is 10.1 Å². The summed E-state index contributed by atoms with van der Waals surface area (Å²) in [6, 6.07) is 12.7. The molecule has 0 bridgehead atoms. The van der Waals surface area contributed by atoms with Gasteiger partial charge < -0.3 is 24.4 Å². The molecule has 1 N–H and O–H groups in total. The number of methoxy groups -OCH3 is 2. The molecule has 0 aromatic heterocycles. The molecule has 29 heavy (non-hydrogen) atoms. The van der Waals surface area contributed by atoms with Gasteiger partial charge >= 0.3 is 0 Å². The van der Waals surface area contributed by atoms with E-state index in [0.29, 0.717) is 19.1 Å². The number of benzene rings is 2. The van der Waals surface area contributed by atoms with Gasteiger partial charge in [0.15, 0.2) is 5.96 Å². The van der Waals surface area contributed by atoms with E-state index in [-0.39, 0.29) is 24.0 Å². The van der Waals surface area contributed by atoms with Crippen LogP contribution >= 0.6 is 24.0 Å². The Morgan fingerprint density at radius 2 is 1.93 bits per heavy atom. The maximum absolute atomic E-state index is 5.69. The van der Waals surface area contributed by atoms with E-state index in [1.54, 1.807) is 14.2 Å². The van der Waals surface area contributed by atoms with E-state index in [4.69, 9.17) is 14.2 Å². The number of hydrogen-bond acceptors (Lipinski definition) is 4. The van der Waals surface area contributed by atoms with Gasteiger partial charge in [0.1, 0.15) is 5.75 Å². The molecule has 0 amide bonds. The van der Waals surface area contributed by atoms with Crippen molar-refractivity contribution >= 4 is 40.7 Å². The molecule has 0 saturated carbocycles. The van der Waals surface area contributed by atoms with Crippen LogP contribution in [0.15, 0.2) is 41.4 Å². The third-order valence-corrected chi connectivity index (χ3v) is 5.14. The summed E-state index contributed by atoms with van der Waals surface area (Å²) in [7, 11) is 5.24. The molecular formula is C22H32IN3O3. The molecule has 0 radical (unpaired) electrons. The Hall–Kier alpha value is -1.58. The van der Waals surface area contributed by atoms with Gasteiger partial charge in [-0.25, -0.2) is 0 Å². The second-order valence-corrected chi connectivity index (χ2v) is 7.12.